The van der Waals surface area contributed by atoms with E-state index in [4.69, 9.17) is 5.10 Å². The zero-order chi connectivity index (χ0) is 11.7. The minimum Gasteiger partial charge on any atom is -0.269 e. The minimum atomic E-state index is 0.981. The fourth-order valence-electron chi connectivity index (χ4n) is 2.76. The molecule has 0 spiro atoms. The molecule has 1 aliphatic carbocycles. The average molecular weight is 226 g/mol. The number of hydrogen-bond donors (Lipinski definition) is 0. The highest BCUT2D eigenvalue weighted by atomic mass is 15.3. The van der Waals surface area contributed by atoms with Gasteiger partial charge in [0.15, 0.2) is 0 Å². The monoisotopic (exact) mass is 226 g/mol. The third-order valence-corrected chi connectivity index (χ3v) is 3.60. The molecule has 1 heterocycles. The van der Waals surface area contributed by atoms with Crippen molar-refractivity contribution in [1.82, 2.24) is 9.78 Å². The Kier molecular flexibility index (Phi) is 2.71. The third kappa shape index (κ3) is 1.78. The van der Waals surface area contributed by atoms with Gasteiger partial charge >= 0.3 is 0 Å². The Labute approximate surface area is 102 Å². The first kappa shape index (κ1) is 10.6. The molecule has 0 N–H and O–H groups in total. The summed E-state index contributed by atoms with van der Waals surface area (Å²) in [7, 11) is 0. The number of nitrogens with zero attached hydrogens (tertiary/aromatic N) is 2. The summed E-state index contributed by atoms with van der Waals surface area (Å²) in [6.07, 6.45) is 5.01. The normalized spacial score (nSPS) is 14.6. The van der Waals surface area contributed by atoms with Gasteiger partial charge in [-0.25, -0.2) is 0 Å². The van der Waals surface area contributed by atoms with Crippen LogP contribution in [0.1, 0.15) is 31.0 Å². The molecule has 0 saturated carbocycles. The molecule has 17 heavy (non-hydrogen) atoms. The Morgan fingerprint density at radius 2 is 1.88 bits per heavy atom. The number of rotatable bonds is 2. The van der Waals surface area contributed by atoms with E-state index in [1.807, 2.05) is 0 Å². The first-order chi connectivity index (χ1) is 8.40. The smallest absolute Gasteiger partial charge is 0.0958 e. The summed E-state index contributed by atoms with van der Waals surface area (Å²) in [5, 5.41) is 4.80. The highest BCUT2D eigenvalue weighted by Gasteiger charge is 2.20. The lowest BCUT2D eigenvalue weighted by Gasteiger charge is -2.13. The molecule has 0 unspecified atom stereocenters. The molecule has 0 amide bonds. The lowest BCUT2D eigenvalue weighted by molar-refractivity contribution is 0.582. The molecule has 88 valence electrons. The van der Waals surface area contributed by atoms with Gasteiger partial charge in [0.1, 0.15) is 0 Å². The molecular formula is C15H18N2. The maximum atomic E-state index is 4.80. The summed E-state index contributed by atoms with van der Waals surface area (Å²) in [4.78, 5) is 0. The number of aromatic nitrogens is 2. The van der Waals surface area contributed by atoms with E-state index in [-0.39, 0.29) is 0 Å². The first-order valence-corrected chi connectivity index (χ1v) is 6.54. The van der Waals surface area contributed by atoms with Crippen LogP contribution in [0.5, 0.6) is 0 Å². The Hall–Kier alpha value is -1.57. The standard InChI is InChI=1S/C15H18N2/c1-2-17-14-11-7-6-10-13(14)15(16-17)12-8-4-3-5-9-12/h3-5,8-9H,2,6-7,10-11H2,1H3. The van der Waals surface area contributed by atoms with Gasteiger partial charge in [-0.15, -0.1) is 0 Å². The van der Waals surface area contributed by atoms with Gasteiger partial charge in [0.05, 0.1) is 5.69 Å². The molecule has 2 nitrogen and oxygen atoms in total. The number of fused-ring (bicyclic) bond motifs is 1. The van der Waals surface area contributed by atoms with Gasteiger partial charge in [0.25, 0.3) is 0 Å². The molecular weight excluding hydrogens is 208 g/mol. The zero-order valence-corrected chi connectivity index (χ0v) is 10.3. The molecule has 2 aromatic rings. The minimum absolute atomic E-state index is 0.981. The number of hydrogen-bond acceptors (Lipinski definition) is 1. The second-order valence-electron chi connectivity index (χ2n) is 4.66. The van der Waals surface area contributed by atoms with E-state index < -0.39 is 0 Å². The highest BCUT2D eigenvalue weighted by Crippen LogP contribution is 2.30. The maximum Gasteiger partial charge on any atom is 0.0958 e. The van der Waals surface area contributed by atoms with Crippen LogP contribution in [0.25, 0.3) is 11.3 Å². The molecule has 1 aromatic heterocycles. The summed E-state index contributed by atoms with van der Waals surface area (Å²) < 4.78 is 2.19. The van der Waals surface area contributed by atoms with Crippen LogP contribution in [0.15, 0.2) is 30.3 Å². The molecule has 3 rings (SSSR count). The second-order valence-corrected chi connectivity index (χ2v) is 4.66. The quantitative estimate of drug-likeness (QED) is 0.767. The van der Waals surface area contributed by atoms with E-state index in [9.17, 15) is 0 Å². The predicted octanol–water partition coefficient (Wildman–Crippen LogP) is 3.45. The first-order valence-electron chi connectivity index (χ1n) is 6.54. The Bertz CT molecular complexity index is 511. The molecule has 0 fully saturated rings. The van der Waals surface area contributed by atoms with E-state index in [0.29, 0.717) is 0 Å². The Morgan fingerprint density at radius 3 is 2.65 bits per heavy atom. The van der Waals surface area contributed by atoms with Crippen molar-refractivity contribution in [3.05, 3.63) is 41.6 Å². The SMILES string of the molecule is CCn1nc(-c2ccccc2)c2c1CCCC2. The Morgan fingerprint density at radius 1 is 1.12 bits per heavy atom. The molecule has 0 atom stereocenters. The van der Waals surface area contributed by atoms with Crippen molar-refractivity contribution in [3.8, 4) is 11.3 Å². The maximum absolute atomic E-state index is 4.80. The van der Waals surface area contributed by atoms with Gasteiger partial charge in [-0.3, -0.25) is 4.68 Å². The molecule has 1 aliphatic rings. The van der Waals surface area contributed by atoms with E-state index in [0.717, 1.165) is 6.54 Å². The van der Waals surface area contributed by atoms with Crippen LogP contribution in [0, 0.1) is 0 Å². The van der Waals surface area contributed by atoms with Crippen molar-refractivity contribution in [2.75, 3.05) is 0 Å². The lowest BCUT2D eigenvalue weighted by Crippen LogP contribution is -2.07. The zero-order valence-electron chi connectivity index (χ0n) is 10.3. The summed E-state index contributed by atoms with van der Waals surface area (Å²) >= 11 is 0. The van der Waals surface area contributed by atoms with Crippen LogP contribution in [0.2, 0.25) is 0 Å². The van der Waals surface area contributed by atoms with Crippen LogP contribution in [0.3, 0.4) is 0 Å². The summed E-state index contributed by atoms with van der Waals surface area (Å²) in [5.41, 5.74) is 5.43. The van der Waals surface area contributed by atoms with Gasteiger partial charge in [-0.2, -0.15) is 5.10 Å². The van der Waals surface area contributed by atoms with Crippen molar-refractivity contribution in [2.45, 2.75) is 39.2 Å². The molecule has 0 bridgehead atoms. The lowest BCUT2D eigenvalue weighted by atomic mass is 9.93. The number of aryl methyl sites for hydroxylation is 1. The van der Waals surface area contributed by atoms with Gasteiger partial charge in [0, 0.05) is 23.4 Å². The van der Waals surface area contributed by atoms with Crippen LogP contribution < -0.4 is 0 Å². The van der Waals surface area contributed by atoms with Crippen LogP contribution in [-0.2, 0) is 19.4 Å². The van der Waals surface area contributed by atoms with Crippen molar-refractivity contribution in [3.63, 3.8) is 0 Å². The number of benzene rings is 1. The Balaban J connectivity index is 2.14. The van der Waals surface area contributed by atoms with Crippen LogP contribution >= 0.6 is 0 Å². The van der Waals surface area contributed by atoms with Gasteiger partial charge in [-0.1, -0.05) is 30.3 Å². The van der Waals surface area contributed by atoms with Crippen LogP contribution in [-0.4, -0.2) is 9.78 Å². The summed E-state index contributed by atoms with van der Waals surface area (Å²) in [6.45, 7) is 3.16. The fraction of sp³-hybridized carbons (Fsp3) is 0.400. The fourth-order valence-corrected chi connectivity index (χ4v) is 2.76. The topological polar surface area (TPSA) is 17.8 Å². The van der Waals surface area contributed by atoms with E-state index in [1.165, 1.54) is 48.2 Å². The second kappa shape index (κ2) is 4.36. The van der Waals surface area contributed by atoms with Gasteiger partial charge in [0.2, 0.25) is 0 Å². The molecule has 1 aromatic carbocycles. The molecule has 0 radical (unpaired) electrons. The van der Waals surface area contributed by atoms with Crippen molar-refractivity contribution in [2.24, 2.45) is 0 Å². The van der Waals surface area contributed by atoms with Crippen molar-refractivity contribution in [1.29, 1.82) is 0 Å². The van der Waals surface area contributed by atoms with Crippen molar-refractivity contribution >= 4 is 0 Å². The van der Waals surface area contributed by atoms with Gasteiger partial charge in [-0.05, 0) is 32.6 Å². The third-order valence-electron chi connectivity index (χ3n) is 3.60. The van der Waals surface area contributed by atoms with Crippen molar-refractivity contribution < 1.29 is 0 Å². The highest BCUT2D eigenvalue weighted by molar-refractivity contribution is 5.64. The average Bonchev–Trinajstić information content (AvgIpc) is 2.78. The summed E-state index contributed by atoms with van der Waals surface area (Å²) in [6, 6.07) is 10.6. The molecule has 2 heteroatoms. The van der Waals surface area contributed by atoms with E-state index in [1.54, 1.807) is 0 Å². The van der Waals surface area contributed by atoms with Gasteiger partial charge < -0.3 is 0 Å². The molecule has 0 aliphatic heterocycles. The largest absolute Gasteiger partial charge is 0.269 e. The van der Waals surface area contributed by atoms with E-state index in [2.05, 4.69) is 41.9 Å². The summed E-state index contributed by atoms with van der Waals surface area (Å²) in [5.74, 6) is 0. The molecule has 0 saturated heterocycles. The van der Waals surface area contributed by atoms with Crippen LogP contribution in [0.4, 0.5) is 0 Å². The van der Waals surface area contributed by atoms with E-state index >= 15 is 0 Å². The predicted molar refractivity (Wildman–Crippen MR) is 70.0 cm³/mol.